The van der Waals surface area contributed by atoms with E-state index in [0.29, 0.717) is 22.5 Å². The number of anilines is 2. The van der Waals surface area contributed by atoms with E-state index in [1.54, 1.807) is 48.5 Å². The number of amides is 2. The van der Waals surface area contributed by atoms with Crippen LogP contribution in [0.25, 0.3) is 0 Å². The highest BCUT2D eigenvalue weighted by Gasteiger charge is 2.25. The lowest BCUT2D eigenvalue weighted by Crippen LogP contribution is -2.47. The van der Waals surface area contributed by atoms with Crippen LogP contribution in [-0.4, -0.2) is 54.8 Å². The second-order valence-electron chi connectivity index (χ2n) is 7.09. The molecule has 1 atom stereocenters. The van der Waals surface area contributed by atoms with Gasteiger partial charge in [-0.15, -0.1) is 24.8 Å². The number of hydrogen-bond acceptors (Lipinski definition) is 4. The third kappa shape index (κ3) is 6.10. The molecule has 0 radical (unpaired) electrons. The first-order valence-corrected chi connectivity index (χ1v) is 9.17. The minimum Gasteiger partial charge on any atom is -0.398 e. The van der Waals surface area contributed by atoms with Crippen LogP contribution >= 0.6 is 24.8 Å². The Morgan fingerprint density at radius 1 is 1.10 bits per heavy atom. The first-order valence-electron chi connectivity index (χ1n) is 9.17. The molecule has 0 bridgehead atoms. The number of rotatable bonds is 4. The predicted octanol–water partition coefficient (Wildman–Crippen LogP) is 3.53. The monoisotopic (exact) mass is 438 g/mol. The summed E-state index contributed by atoms with van der Waals surface area (Å²) in [5, 5.41) is 2.81. The van der Waals surface area contributed by atoms with Crippen LogP contribution in [0.4, 0.5) is 11.4 Å². The Labute approximate surface area is 184 Å². The topological polar surface area (TPSA) is 78.7 Å². The maximum Gasteiger partial charge on any atom is 0.257 e. The first kappa shape index (κ1) is 24.8. The molecule has 1 saturated heterocycles. The Balaban J connectivity index is 0.00000210. The molecular formula is C21H28Cl2N4O2. The highest BCUT2D eigenvalue weighted by molar-refractivity contribution is 6.07. The van der Waals surface area contributed by atoms with Crippen molar-refractivity contribution in [1.29, 1.82) is 0 Å². The minimum absolute atomic E-state index is 0. The van der Waals surface area contributed by atoms with Gasteiger partial charge < -0.3 is 20.9 Å². The molecule has 3 N–H and O–H groups in total. The van der Waals surface area contributed by atoms with Crippen molar-refractivity contribution >= 4 is 48.0 Å². The van der Waals surface area contributed by atoms with E-state index in [4.69, 9.17) is 5.73 Å². The number of nitrogens with zero attached hydrogens (tertiary/aromatic N) is 2. The fourth-order valence-corrected chi connectivity index (χ4v) is 3.42. The lowest BCUT2D eigenvalue weighted by atomic mass is 10.0. The molecule has 158 valence electrons. The number of likely N-dealkylation sites (N-methyl/N-ethyl adjacent to an activating group) is 2. The van der Waals surface area contributed by atoms with Gasteiger partial charge in [-0.25, -0.2) is 0 Å². The third-order valence-corrected chi connectivity index (χ3v) is 5.06. The van der Waals surface area contributed by atoms with Crippen LogP contribution in [0.15, 0.2) is 48.5 Å². The van der Waals surface area contributed by atoms with E-state index >= 15 is 0 Å². The van der Waals surface area contributed by atoms with E-state index in [9.17, 15) is 9.59 Å². The maximum atomic E-state index is 12.8. The molecule has 2 aromatic carbocycles. The van der Waals surface area contributed by atoms with Gasteiger partial charge in [0.2, 0.25) is 0 Å². The zero-order chi connectivity index (χ0) is 19.4. The molecule has 3 rings (SSSR count). The van der Waals surface area contributed by atoms with Gasteiger partial charge in [0.15, 0.2) is 0 Å². The van der Waals surface area contributed by atoms with Crippen molar-refractivity contribution in [2.45, 2.75) is 18.9 Å². The van der Waals surface area contributed by atoms with E-state index in [-0.39, 0.29) is 42.7 Å². The van der Waals surface area contributed by atoms with Crippen molar-refractivity contribution in [1.82, 2.24) is 9.80 Å². The van der Waals surface area contributed by atoms with Crippen molar-refractivity contribution in [3.63, 3.8) is 0 Å². The second-order valence-corrected chi connectivity index (χ2v) is 7.09. The van der Waals surface area contributed by atoms with Gasteiger partial charge in [-0.3, -0.25) is 9.59 Å². The largest absolute Gasteiger partial charge is 0.398 e. The van der Waals surface area contributed by atoms with Gasteiger partial charge in [0, 0.05) is 36.6 Å². The number of piperidine rings is 1. The lowest BCUT2D eigenvalue weighted by molar-refractivity contribution is 0.0644. The molecule has 0 aromatic heterocycles. The van der Waals surface area contributed by atoms with E-state index in [1.807, 2.05) is 11.9 Å². The Bertz CT molecular complexity index is 830. The molecule has 2 amide bonds. The molecular weight excluding hydrogens is 411 g/mol. The normalized spacial score (nSPS) is 16.1. The predicted molar refractivity (Wildman–Crippen MR) is 122 cm³/mol. The quantitative estimate of drug-likeness (QED) is 0.715. The summed E-state index contributed by atoms with van der Waals surface area (Å²) in [6.07, 6.45) is 2.13. The van der Waals surface area contributed by atoms with E-state index in [1.165, 1.54) is 0 Å². The summed E-state index contributed by atoms with van der Waals surface area (Å²) in [4.78, 5) is 29.2. The van der Waals surface area contributed by atoms with Crippen LogP contribution in [-0.2, 0) is 0 Å². The number of carbonyl (C=O) groups excluding carboxylic acids is 2. The number of nitrogen functional groups attached to an aromatic ring is 1. The van der Waals surface area contributed by atoms with Crippen LogP contribution in [0.5, 0.6) is 0 Å². The van der Waals surface area contributed by atoms with E-state index in [2.05, 4.69) is 17.3 Å². The lowest BCUT2D eigenvalue weighted by Gasteiger charge is -2.35. The zero-order valence-electron chi connectivity index (χ0n) is 16.6. The number of para-hydroxylation sites is 1. The molecule has 1 heterocycles. The molecule has 1 fully saturated rings. The standard InChI is InChI=1S/C21H26N4O2.2ClH/c1-24-13-5-6-17(14-24)25(2)21(27)15-9-11-16(12-10-15)23-20(26)18-7-3-4-8-19(18)22;;/h3-4,7-12,17H,5-6,13-14,22H2,1-2H3,(H,23,26);2*1H. The van der Waals surface area contributed by atoms with Crippen molar-refractivity contribution in [2.24, 2.45) is 0 Å². The van der Waals surface area contributed by atoms with Crippen molar-refractivity contribution in [2.75, 3.05) is 38.2 Å². The fourth-order valence-electron chi connectivity index (χ4n) is 3.42. The molecule has 0 aliphatic carbocycles. The molecule has 0 saturated carbocycles. The summed E-state index contributed by atoms with van der Waals surface area (Å²) in [5.74, 6) is -0.269. The van der Waals surface area contributed by atoms with Gasteiger partial charge in [-0.05, 0) is 62.8 Å². The molecule has 0 spiro atoms. The Morgan fingerprint density at radius 2 is 1.76 bits per heavy atom. The van der Waals surface area contributed by atoms with Crippen LogP contribution in [0, 0.1) is 0 Å². The van der Waals surface area contributed by atoms with Crippen LogP contribution in [0.2, 0.25) is 0 Å². The summed E-state index contributed by atoms with van der Waals surface area (Å²) in [6.45, 7) is 1.98. The van der Waals surface area contributed by atoms with Crippen LogP contribution in [0.3, 0.4) is 0 Å². The number of nitrogens with two attached hydrogens (primary N) is 1. The summed E-state index contributed by atoms with van der Waals surface area (Å²) in [7, 11) is 3.95. The van der Waals surface area contributed by atoms with Crippen molar-refractivity contribution in [3.8, 4) is 0 Å². The number of nitrogens with one attached hydrogen (secondary N) is 1. The molecule has 8 heteroatoms. The first-order chi connectivity index (χ1) is 13.0. The van der Waals surface area contributed by atoms with Crippen molar-refractivity contribution < 1.29 is 9.59 Å². The minimum atomic E-state index is -0.269. The number of likely N-dealkylation sites (tertiary alicyclic amines) is 1. The number of hydrogen-bond donors (Lipinski definition) is 2. The molecule has 1 unspecified atom stereocenters. The van der Waals surface area contributed by atoms with Gasteiger partial charge in [0.05, 0.1) is 5.56 Å². The van der Waals surface area contributed by atoms with Gasteiger partial charge in [-0.1, -0.05) is 12.1 Å². The van der Waals surface area contributed by atoms with E-state index in [0.717, 1.165) is 25.9 Å². The Morgan fingerprint density at radius 3 is 2.38 bits per heavy atom. The second kappa shape index (κ2) is 11.0. The average Bonchev–Trinajstić information content (AvgIpc) is 2.67. The highest BCUT2D eigenvalue weighted by Crippen LogP contribution is 2.18. The fraction of sp³-hybridized carbons (Fsp3) is 0.333. The van der Waals surface area contributed by atoms with Crippen molar-refractivity contribution in [3.05, 3.63) is 59.7 Å². The number of benzene rings is 2. The van der Waals surface area contributed by atoms with E-state index < -0.39 is 0 Å². The summed E-state index contributed by atoms with van der Waals surface area (Å²) in [5.41, 5.74) is 7.94. The SMILES string of the molecule is CN1CCCC(N(C)C(=O)c2ccc(NC(=O)c3ccccc3N)cc2)C1.Cl.Cl. The molecule has 29 heavy (non-hydrogen) atoms. The van der Waals surface area contributed by atoms with Gasteiger partial charge >= 0.3 is 0 Å². The van der Waals surface area contributed by atoms with Crippen LogP contribution < -0.4 is 11.1 Å². The summed E-state index contributed by atoms with van der Waals surface area (Å²) >= 11 is 0. The van der Waals surface area contributed by atoms with Gasteiger partial charge in [0.25, 0.3) is 11.8 Å². The molecule has 6 nitrogen and oxygen atoms in total. The Hall–Kier alpha value is -2.28. The van der Waals surface area contributed by atoms with Crippen LogP contribution in [0.1, 0.15) is 33.6 Å². The molecule has 2 aromatic rings. The zero-order valence-corrected chi connectivity index (χ0v) is 18.3. The molecule has 1 aliphatic heterocycles. The third-order valence-electron chi connectivity index (χ3n) is 5.06. The Kier molecular flexibility index (Phi) is 9.43. The van der Waals surface area contributed by atoms with Gasteiger partial charge in [0.1, 0.15) is 0 Å². The number of carbonyl (C=O) groups is 2. The average molecular weight is 439 g/mol. The highest BCUT2D eigenvalue weighted by atomic mass is 35.5. The smallest absolute Gasteiger partial charge is 0.257 e. The van der Waals surface area contributed by atoms with Gasteiger partial charge in [-0.2, -0.15) is 0 Å². The summed E-state index contributed by atoms with van der Waals surface area (Å²) < 4.78 is 0. The molecule has 1 aliphatic rings. The summed E-state index contributed by atoms with van der Waals surface area (Å²) in [6, 6.07) is 14.1. The maximum absolute atomic E-state index is 12.8. The number of halogens is 2.